The van der Waals surface area contributed by atoms with Crippen LogP contribution in [0.4, 0.5) is 11.5 Å². The quantitative estimate of drug-likeness (QED) is 0.547. The molecule has 0 saturated heterocycles. The molecule has 1 heterocycles. The monoisotopic (exact) mass is 348 g/mol. The van der Waals surface area contributed by atoms with Gasteiger partial charge in [0.05, 0.1) is 12.1 Å². The molecule has 1 aromatic carbocycles. The van der Waals surface area contributed by atoms with Crippen LogP contribution in [0.3, 0.4) is 0 Å². The SMILES string of the molecule is CC.CCCN(CCC)c1nc(OCCOC)nc2ccc(N)cc12. The third-order valence-corrected chi connectivity index (χ3v) is 3.48. The first kappa shape index (κ1) is 21.0. The van der Waals surface area contributed by atoms with Gasteiger partial charge in [0.15, 0.2) is 0 Å². The molecule has 0 fully saturated rings. The minimum Gasteiger partial charge on any atom is -0.461 e. The number of hydrogen-bond acceptors (Lipinski definition) is 6. The van der Waals surface area contributed by atoms with Crippen LogP contribution in [-0.4, -0.2) is 43.4 Å². The molecule has 0 amide bonds. The Morgan fingerprint density at radius 1 is 1.04 bits per heavy atom. The Kier molecular flexibility index (Phi) is 9.62. The van der Waals surface area contributed by atoms with Gasteiger partial charge in [0.2, 0.25) is 0 Å². The lowest BCUT2D eigenvalue weighted by molar-refractivity contribution is 0.141. The van der Waals surface area contributed by atoms with E-state index in [0.29, 0.717) is 24.9 Å². The van der Waals surface area contributed by atoms with E-state index in [2.05, 4.69) is 28.7 Å². The molecule has 2 rings (SSSR count). The highest BCUT2D eigenvalue weighted by molar-refractivity contribution is 5.92. The maximum absolute atomic E-state index is 5.96. The predicted molar refractivity (Wildman–Crippen MR) is 105 cm³/mol. The average Bonchev–Trinajstić information content (AvgIpc) is 2.63. The zero-order valence-corrected chi connectivity index (χ0v) is 16.2. The number of nitrogen functional groups attached to an aromatic ring is 1. The van der Waals surface area contributed by atoms with Crippen molar-refractivity contribution in [1.82, 2.24) is 9.97 Å². The van der Waals surface area contributed by atoms with Gasteiger partial charge in [0, 0.05) is 31.3 Å². The minimum atomic E-state index is 0.381. The first-order valence-electron chi connectivity index (χ1n) is 9.13. The van der Waals surface area contributed by atoms with E-state index >= 15 is 0 Å². The van der Waals surface area contributed by atoms with Crippen molar-refractivity contribution in [3.8, 4) is 6.01 Å². The van der Waals surface area contributed by atoms with Gasteiger partial charge in [-0.1, -0.05) is 27.7 Å². The van der Waals surface area contributed by atoms with Crippen molar-refractivity contribution in [2.24, 2.45) is 0 Å². The third-order valence-electron chi connectivity index (χ3n) is 3.48. The molecule has 0 aliphatic rings. The van der Waals surface area contributed by atoms with E-state index < -0.39 is 0 Å². The maximum atomic E-state index is 5.96. The summed E-state index contributed by atoms with van der Waals surface area (Å²) in [5.74, 6) is 0.887. The molecule has 2 N–H and O–H groups in total. The first-order chi connectivity index (χ1) is 12.2. The largest absolute Gasteiger partial charge is 0.461 e. The Labute approximate surface area is 151 Å². The van der Waals surface area contributed by atoms with Gasteiger partial charge in [0.25, 0.3) is 0 Å². The van der Waals surface area contributed by atoms with Crippen molar-refractivity contribution in [2.75, 3.05) is 44.0 Å². The molecular weight excluding hydrogens is 316 g/mol. The molecule has 0 bridgehead atoms. The Morgan fingerprint density at radius 3 is 2.32 bits per heavy atom. The number of hydrogen-bond donors (Lipinski definition) is 1. The highest BCUT2D eigenvalue weighted by Crippen LogP contribution is 2.28. The fourth-order valence-corrected chi connectivity index (χ4v) is 2.49. The van der Waals surface area contributed by atoms with Crippen molar-refractivity contribution in [1.29, 1.82) is 0 Å². The van der Waals surface area contributed by atoms with E-state index in [9.17, 15) is 0 Å². The number of ether oxygens (including phenoxy) is 2. The summed E-state index contributed by atoms with van der Waals surface area (Å²) in [5.41, 5.74) is 7.51. The summed E-state index contributed by atoms with van der Waals surface area (Å²) >= 11 is 0. The molecule has 0 aliphatic heterocycles. The first-order valence-corrected chi connectivity index (χ1v) is 9.13. The molecule has 0 radical (unpaired) electrons. The third kappa shape index (κ3) is 6.05. The molecule has 0 unspecified atom stereocenters. The molecule has 6 heteroatoms. The van der Waals surface area contributed by atoms with Crippen molar-refractivity contribution < 1.29 is 9.47 Å². The van der Waals surface area contributed by atoms with Crippen molar-refractivity contribution in [3.05, 3.63) is 18.2 Å². The van der Waals surface area contributed by atoms with Crippen LogP contribution in [0.1, 0.15) is 40.5 Å². The van der Waals surface area contributed by atoms with Gasteiger partial charge in [0.1, 0.15) is 12.4 Å². The van der Waals surface area contributed by atoms with Gasteiger partial charge in [-0.05, 0) is 31.0 Å². The Hall–Kier alpha value is -2.08. The van der Waals surface area contributed by atoms with Gasteiger partial charge in [-0.15, -0.1) is 0 Å². The number of methoxy groups -OCH3 is 1. The van der Waals surface area contributed by atoms with E-state index in [1.807, 2.05) is 32.0 Å². The highest BCUT2D eigenvalue weighted by atomic mass is 16.5. The van der Waals surface area contributed by atoms with Crippen LogP contribution in [0.2, 0.25) is 0 Å². The van der Waals surface area contributed by atoms with Gasteiger partial charge in [-0.2, -0.15) is 9.97 Å². The highest BCUT2D eigenvalue weighted by Gasteiger charge is 2.15. The van der Waals surface area contributed by atoms with Crippen LogP contribution in [0.5, 0.6) is 6.01 Å². The van der Waals surface area contributed by atoms with Crippen LogP contribution >= 0.6 is 0 Å². The molecule has 6 nitrogen and oxygen atoms in total. The Balaban J connectivity index is 0.00000151. The van der Waals surface area contributed by atoms with Crippen molar-refractivity contribution in [3.63, 3.8) is 0 Å². The van der Waals surface area contributed by atoms with Crippen molar-refractivity contribution >= 4 is 22.4 Å². The molecular formula is C19H32N4O2. The second kappa shape index (κ2) is 11.5. The van der Waals surface area contributed by atoms with Crippen LogP contribution in [0, 0.1) is 0 Å². The van der Waals surface area contributed by atoms with E-state index in [4.69, 9.17) is 15.2 Å². The fourth-order valence-electron chi connectivity index (χ4n) is 2.49. The summed E-state index contributed by atoms with van der Waals surface area (Å²) in [4.78, 5) is 11.4. The number of anilines is 2. The Morgan fingerprint density at radius 2 is 1.72 bits per heavy atom. The van der Waals surface area contributed by atoms with Gasteiger partial charge in [-0.3, -0.25) is 0 Å². The lowest BCUT2D eigenvalue weighted by atomic mass is 10.2. The minimum absolute atomic E-state index is 0.381. The second-order valence-corrected chi connectivity index (χ2v) is 5.43. The van der Waals surface area contributed by atoms with E-state index in [1.54, 1.807) is 7.11 Å². The number of nitrogens with two attached hydrogens (primary N) is 1. The number of nitrogens with zero attached hydrogens (tertiary/aromatic N) is 3. The summed E-state index contributed by atoms with van der Waals surface area (Å²) in [6.45, 7) is 11.1. The zero-order chi connectivity index (χ0) is 18.7. The van der Waals surface area contributed by atoms with E-state index in [0.717, 1.165) is 42.7 Å². The summed E-state index contributed by atoms with van der Waals surface area (Å²) in [6.07, 6.45) is 2.10. The lowest BCUT2D eigenvalue weighted by Crippen LogP contribution is -2.26. The summed E-state index contributed by atoms with van der Waals surface area (Å²) < 4.78 is 10.6. The van der Waals surface area contributed by atoms with Crippen molar-refractivity contribution in [2.45, 2.75) is 40.5 Å². The summed E-state index contributed by atoms with van der Waals surface area (Å²) in [7, 11) is 1.64. The summed E-state index contributed by atoms with van der Waals surface area (Å²) in [6, 6.07) is 6.07. The molecule has 1 aromatic heterocycles. The normalized spacial score (nSPS) is 10.3. The molecule has 0 aliphatic carbocycles. The summed E-state index contributed by atoms with van der Waals surface area (Å²) in [5, 5.41) is 0.964. The number of benzene rings is 1. The van der Waals surface area contributed by atoms with Gasteiger partial charge < -0.3 is 20.1 Å². The predicted octanol–water partition coefficient (Wildman–Crippen LogP) is 3.89. The molecule has 2 aromatic rings. The van der Waals surface area contributed by atoms with Crippen LogP contribution in [0.25, 0.3) is 10.9 Å². The Bertz CT molecular complexity index is 628. The zero-order valence-electron chi connectivity index (χ0n) is 16.2. The lowest BCUT2D eigenvalue weighted by Gasteiger charge is -2.24. The molecule has 0 saturated carbocycles. The van der Waals surface area contributed by atoms with E-state index in [1.165, 1.54) is 0 Å². The smallest absolute Gasteiger partial charge is 0.319 e. The van der Waals surface area contributed by atoms with Crippen LogP contribution < -0.4 is 15.4 Å². The van der Waals surface area contributed by atoms with Crippen LogP contribution in [0.15, 0.2) is 18.2 Å². The second-order valence-electron chi connectivity index (χ2n) is 5.43. The van der Waals surface area contributed by atoms with Gasteiger partial charge in [-0.25, -0.2) is 0 Å². The maximum Gasteiger partial charge on any atom is 0.319 e. The number of rotatable bonds is 9. The number of fused-ring (bicyclic) bond motifs is 1. The number of aromatic nitrogens is 2. The topological polar surface area (TPSA) is 73.5 Å². The average molecular weight is 348 g/mol. The standard InChI is InChI=1S/C17H26N4O2.C2H6/c1-4-8-21(9-5-2)16-14-12-13(18)6-7-15(14)19-17(20-16)23-11-10-22-3;1-2/h6-7,12H,4-5,8-11,18H2,1-3H3;1-2H3. The van der Waals surface area contributed by atoms with Gasteiger partial charge >= 0.3 is 6.01 Å². The fraction of sp³-hybridized carbons (Fsp3) is 0.579. The molecule has 0 spiro atoms. The molecule has 140 valence electrons. The van der Waals surface area contributed by atoms with E-state index in [-0.39, 0.29) is 0 Å². The van der Waals surface area contributed by atoms with Crippen LogP contribution in [-0.2, 0) is 4.74 Å². The molecule has 0 atom stereocenters. The molecule has 25 heavy (non-hydrogen) atoms.